The lowest BCUT2D eigenvalue weighted by atomic mass is 9.78. The number of nitrogens with two attached hydrogens (primary N) is 1. The molecule has 19 heavy (non-hydrogen) atoms. The van der Waals surface area contributed by atoms with Gasteiger partial charge in [0.2, 0.25) is 0 Å². The van der Waals surface area contributed by atoms with Gasteiger partial charge in [0, 0.05) is 29.5 Å². The number of nitrogens with zero attached hydrogens (tertiary/aromatic N) is 1. The molecule has 2 aromatic rings. The standard InChI is InChI=1S/C14H17FN2OS/c1-10-7-19-13(17-10)6-14(8-16,9-18)11-4-2-3-5-12(11)15/h2-5,7,18H,6,8-9,16H2,1H3. The summed E-state index contributed by atoms with van der Waals surface area (Å²) < 4.78 is 14.0. The van der Waals surface area contributed by atoms with Crippen LogP contribution in [0.2, 0.25) is 0 Å². The Bertz CT molecular complexity index is 552. The first-order valence-electron chi connectivity index (χ1n) is 6.08. The maximum absolute atomic E-state index is 14.0. The zero-order valence-electron chi connectivity index (χ0n) is 10.8. The molecule has 1 aromatic heterocycles. The largest absolute Gasteiger partial charge is 0.395 e. The molecule has 3 N–H and O–H groups in total. The highest BCUT2D eigenvalue weighted by molar-refractivity contribution is 7.09. The lowest BCUT2D eigenvalue weighted by Crippen LogP contribution is -2.41. The second-order valence-corrected chi connectivity index (χ2v) is 5.62. The molecule has 0 fully saturated rings. The van der Waals surface area contributed by atoms with Crippen LogP contribution in [0.4, 0.5) is 4.39 Å². The highest BCUT2D eigenvalue weighted by Crippen LogP contribution is 2.30. The third kappa shape index (κ3) is 2.83. The van der Waals surface area contributed by atoms with Gasteiger partial charge in [-0.05, 0) is 18.6 Å². The van der Waals surface area contributed by atoms with Crippen molar-refractivity contribution in [2.75, 3.05) is 13.2 Å². The van der Waals surface area contributed by atoms with E-state index in [1.807, 2.05) is 12.3 Å². The van der Waals surface area contributed by atoms with Gasteiger partial charge in [0.15, 0.2) is 0 Å². The number of hydrogen-bond acceptors (Lipinski definition) is 4. The Morgan fingerprint density at radius 2 is 2.16 bits per heavy atom. The molecule has 1 heterocycles. The van der Waals surface area contributed by atoms with E-state index in [9.17, 15) is 9.50 Å². The fourth-order valence-corrected chi connectivity index (χ4v) is 3.06. The Hall–Kier alpha value is -1.30. The number of aryl methyl sites for hydroxylation is 1. The van der Waals surface area contributed by atoms with Crippen molar-refractivity contribution >= 4 is 11.3 Å². The van der Waals surface area contributed by atoms with Crippen molar-refractivity contribution in [1.82, 2.24) is 4.98 Å². The molecule has 2 rings (SSSR count). The number of aliphatic hydroxyl groups excluding tert-OH is 1. The average molecular weight is 280 g/mol. The van der Waals surface area contributed by atoms with E-state index in [2.05, 4.69) is 4.98 Å². The fourth-order valence-electron chi connectivity index (χ4n) is 2.15. The number of rotatable bonds is 5. The molecule has 1 unspecified atom stereocenters. The summed E-state index contributed by atoms with van der Waals surface area (Å²) in [6, 6.07) is 6.46. The zero-order chi connectivity index (χ0) is 13.9. The number of aliphatic hydroxyl groups is 1. The van der Waals surface area contributed by atoms with Crippen molar-refractivity contribution < 1.29 is 9.50 Å². The molecule has 0 saturated carbocycles. The minimum Gasteiger partial charge on any atom is -0.395 e. The van der Waals surface area contributed by atoms with Crippen molar-refractivity contribution in [1.29, 1.82) is 0 Å². The van der Waals surface area contributed by atoms with Crippen LogP contribution >= 0.6 is 11.3 Å². The highest BCUT2D eigenvalue weighted by Gasteiger charge is 2.34. The second-order valence-electron chi connectivity index (χ2n) is 4.68. The first-order valence-corrected chi connectivity index (χ1v) is 6.96. The van der Waals surface area contributed by atoms with E-state index in [4.69, 9.17) is 5.73 Å². The van der Waals surface area contributed by atoms with Gasteiger partial charge in [0.1, 0.15) is 5.82 Å². The van der Waals surface area contributed by atoms with Gasteiger partial charge in [-0.3, -0.25) is 0 Å². The fraction of sp³-hybridized carbons (Fsp3) is 0.357. The van der Waals surface area contributed by atoms with Crippen molar-refractivity contribution in [3.8, 4) is 0 Å². The van der Waals surface area contributed by atoms with E-state index in [0.29, 0.717) is 12.0 Å². The normalized spacial score (nSPS) is 14.3. The predicted molar refractivity (Wildman–Crippen MR) is 74.8 cm³/mol. The van der Waals surface area contributed by atoms with Gasteiger partial charge in [-0.25, -0.2) is 9.37 Å². The summed E-state index contributed by atoms with van der Waals surface area (Å²) in [7, 11) is 0. The molecule has 0 radical (unpaired) electrons. The minimum absolute atomic E-state index is 0.170. The van der Waals surface area contributed by atoms with Crippen LogP contribution in [0.5, 0.6) is 0 Å². The summed E-state index contributed by atoms with van der Waals surface area (Å²) in [6.07, 6.45) is 0.444. The molecule has 1 aromatic carbocycles. The third-order valence-electron chi connectivity index (χ3n) is 3.29. The molecule has 5 heteroatoms. The topological polar surface area (TPSA) is 59.1 Å². The molecule has 0 bridgehead atoms. The van der Waals surface area contributed by atoms with Crippen LogP contribution in [0.15, 0.2) is 29.6 Å². The summed E-state index contributed by atoms with van der Waals surface area (Å²) in [5.74, 6) is -0.338. The first-order chi connectivity index (χ1) is 9.11. The molecule has 3 nitrogen and oxygen atoms in total. The van der Waals surface area contributed by atoms with Crippen LogP contribution in [0.1, 0.15) is 16.3 Å². The molecule has 1 atom stereocenters. The molecular weight excluding hydrogens is 263 g/mol. The van der Waals surface area contributed by atoms with Gasteiger partial charge in [-0.1, -0.05) is 18.2 Å². The van der Waals surface area contributed by atoms with Crippen LogP contribution in [0, 0.1) is 12.7 Å². The molecule has 0 saturated heterocycles. The molecule has 0 aliphatic heterocycles. The van der Waals surface area contributed by atoms with E-state index in [1.54, 1.807) is 18.2 Å². The van der Waals surface area contributed by atoms with E-state index < -0.39 is 5.41 Å². The minimum atomic E-state index is -0.810. The predicted octanol–water partition coefficient (Wildman–Crippen LogP) is 2.02. The summed E-state index contributed by atoms with van der Waals surface area (Å²) >= 11 is 1.51. The molecule has 0 amide bonds. The quantitative estimate of drug-likeness (QED) is 0.881. The van der Waals surface area contributed by atoms with Crippen molar-refractivity contribution in [3.05, 3.63) is 51.7 Å². The van der Waals surface area contributed by atoms with E-state index in [0.717, 1.165) is 10.7 Å². The SMILES string of the molecule is Cc1csc(CC(CN)(CO)c2ccccc2F)n1. The van der Waals surface area contributed by atoms with E-state index in [1.165, 1.54) is 17.4 Å². The number of benzene rings is 1. The number of halogens is 1. The van der Waals surface area contributed by atoms with Gasteiger partial charge in [-0.2, -0.15) is 0 Å². The van der Waals surface area contributed by atoms with Crippen LogP contribution < -0.4 is 5.73 Å². The lowest BCUT2D eigenvalue weighted by Gasteiger charge is -2.30. The van der Waals surface area contributed by atoms with Crippen LogP contribution in [-0.4, -0.2) is 23.2 Å². The van der Waals surface area contributed by atoms with Crippen LogP contribution in [-0.2, 0) is 11.8 Å². The summed E-state index contributed by atoms with van der Waals surface area (Å²) in [5.41, 5.74) is 6.39. The van der Waals surface area contributed by atoms with Crippen LogP contribution in [0.25, 0.3) is 0 Å². The Kier molecular flexibility index (Phi) is 4.29. The molecule has 102 valence electrons. The smallest absolute Gasteiger partial charge is 0.127 e. The number of hydrogen-bond donors (Lipinski definition) is 2. The second kappa shape index (κ2) is 5.77. The molecule has 0 aliphatic carbocycles. The van der Waals surface area contributed by atoms with Gasteiger partial charge in [0.25, 0.3) is 0 Å². The van der Waals surface area contributed by atoms with Crippen molar-refractivity contribution in [2.24, 2.45) is 5.73 Å². The lowest BCUT2D eigenvalue weighted by molar-refractivity contribution is 0.192. The zero-order valence-corrected chi connectivity index (χ0v) is 11.6. The van der Waals surface area contributed by atoms with Crippen molar-refractivity contribution in [2.45, 2.75) is 18.8 Å². The Balaban J connectivity index is 2.40. The van der Waals surface area contributed by atoms with Crippen molar-refractivity contribution in [3.63, 3.8) is 0 Å². The number of aromatic nitrogens is 1. The first kappa shape index (κ1) is 14.1. The van der Waals surface area contributed by atoms with Gasteiger partial charge < -0.3 is 10.8 Å². The monoisotopic (exact) mass is 280 g/mol. The third-order valence-corrected chi connectivity index (χ3v) is 4.26. The molecule has 0 spiro atoms. The van der Waals surface area contributed by atoms with Gasteiger partial charge in [0.05, 0.1) is 11.6 Å². The molecular formula is C14H17FN2OS. The summed E-state index contributed by atoms with van der Waals surface area (Å²) in [4.78, 5) is 4.38. The Labute approximate surface area is 115 Å². The van der Waals surface area contributed by atoms with E-state index in [-0.39, 0.29) is 19.0 Å². The summed E-state index contributed by atoms with van der Waals surface area (Å²) in [6.45, 7) is 1.87. The average Bonchev–Trinajstić information content (AvgIpc) is 2.82. The maximum Gasteiger partial charge on any atom is 0.127 e. The van der Waals surface area contributed by atoms with E-state index >= 15 is 0 Å². The Morgan fingerprint density at radius 1 is 1.42 bits per heavy atom. The maximum atomic E-state index is 14.0. The number of thiazole rings is 1. The van der Waals surface area contributed by atoms with Gasteiger partial charge in [-0.15, -0.1) is 11.3 Å². The highest BCUT2D eigenvalue weighted by atomic mass is 32.1. The van der Waals surface area contributed by atoms with Gasteiger partial charge >= 0.3 is 0 Å². The molecule has 0 aliphatic rings. The van der Waals surface area contributed by atoms with Crippen LogP contribution in [0.3, 0.4) is 0 Å². The Morgan fingerprint density at radius 3 is 2.68 bits per heavy atom. The summed E-state index contributed by atoms with van der Waals surface area (Å²) in [5, 5.41) is 12.6.